The number of aliphatic carboxylic acids is 1. The Kier molecular flexibility index (Phi) is 6.46. The Hall–Kier alpha value is -1.87. The number of halogens is 3. The molecule has 2 aliphatic rings. The van der Waals surface area contributed by atoms with E-state index >= 15 is 0 Å². The monoisotopic (exact) mass is 390 g/mol. The van der Waals surface area contributed by atoms with Crippen molar-refractivity contribution in [1.29, 1.82) is 0 Å². The molecule has 0 aliphatic carbocycles. The topological polar surface area (TPSA) is 60.9 Å². The average molecular weight is 390 g/mol. The summed E-state index contributed by atoms with van der Waals surface area (Å²) in [7, 11) is 0. The molecule has 2 fully saturated rings. The van der Waals surface area contributed by atoms with Gasteiger partial charge in [-0.3, -0.25) is 9.69 Å². The molecule has 0 radical (unpaired) electrons. The second-order valence-electron chi connectivity index (χ2n) is 6.41. The van der Waals surface area contributed by atoms with E-state index in [4.69, 9.17) is 9.90 Å². The van der Waals surface area contributed by atoms with E-state index in [1.165, 1.54) is 9.75 Å². The lowest BCUT2D eigenvalue weighted by atomic mass is 10.0. The molecule has 1 amide bonds. The zero-order valence-electron chi connectivity index (χ0n) is 14.3. The van der Waals surface area contributed by atoms with E-state index in [0.717, 1.165) is 26.2 Å². The fourth-order valence-corrected chi connectivity index (χ4v) is 4.21. The lowest BCUT2D eigenvalue weighted by molar-refractivity contribution is -0.192. The van der Waals surface area contributed by atoms with E-state index in [1.54, 1.807) is 0 Å². The normalized spacial score (nSPS) is 22.8. The quantitative estimate of drug-likeness (QED) is 0.804. The van der Waals surface area contributed by atoms with E-state index in [-0.39, 0.29) is 5.92 Å². The minimum Gasteiger partial charge on any atom is -0.475 e. The van der Waals surface area contributed by atoms with Crippen LogP contribution in [-0.4, -0.2) is 59.1 Å². The van der Waals surface area contributed by atoms with Gasteiger partial charge in [-0.2, -0.15) is 13.2 Å². The van der Waals surface area contributed by atoms with E-state index in [1.807, 2.05) is 22.3 Å². The van der Waals surface area contributed by atoms with Crippen LogP contribution in [0.4, 0.5) is 13.2 Å². The van der Waals surface area contributed by atoms with E-state index in [2.05, 4.69) is 30.5 Å². The molecular weight excluding hydrogens is 369 g/mol. The number of carbonyl (C=O) groups excluding carboxylic acids is 1. The summed E-state index contributed by atoms with van der Waals surface area (Å²) in [5.74, 6) is -1.68. The number of nitrogens with zero attached hydrogens (tertiary/aromatic N) is 2. The fourth-order valence-electron chi connectivity index (χ4n) is 3.27. The maximum Gasteiger partial charge on any atom is 0.490 e. The standard InChI is InChI=1S/C15H20N2OS.C2HF3O2/c1-3-6-17-8-12-7-16(10-14(12)15(17)18)9-13-5-4-11(2)19-13;3-2(4,5)1(6)7/h3-5,12,14H,1,6-10H2,2H3;(H,6,7)/t12-,14-;/m0./s1. The summed E-state index contributed by atoms with van der Waals surface area (Å²) in [6, 6.07) is 4.38. The van der Waals surface area contributed by atoms with E-state index < -0.39 is 12.1 Å². The van der Waals surface area contributed by atoms with Gasteiger partial charge in [-0.25, -0.2) is 4.79 Å². The van der Waals surface area contributed by atoms with Gasteiger partial charge in [-0.1, -0.05) is 6.08 Å². The number of carbonyl (C=O) groups is 2. The summed E-state index contributed by atoms with van der Waals surface area (Å²) < 4.78 is 31.7. The highest BCUT2D eigenvalue weighted by atomic mass is 32.1. The first-order chi connectivity index (χ1) is 12.1. The number of thiophene rings is 1. The van der Waals surface area contributed by atoms with Crippen molar-refractivity contribution in [3.8, 4) is 0 Å². The molecule has 3 heterocycles. The zero-order valence-corrected chi connectivity index (χ0v) is 15.1. The van der Waals surface area contributed by atoms with Gasteiger partial charge in [0.1, 0.15) is 0 Å². The van der Waals surface area contributed by atoms with Gasteiger partial charge in [0.15, 0.2) is 0 Å². The van der Waals surface area contributed by atoms with Gasteiger partial charge >= 0.3 is 12.1 Å². The van der Waals surface area contributed by atoms with Crippen LogP contribution in [0.5, 0.6) is 0 Å². The van der Waals surface area contributed by atoms with Crippen molar-refractivity contribution in [2.24, 2.45) is 11.8 Å². The van der Waals surface area contributed by atoms with Gasteiger partial charge in [0.05, 0.1) is 5.92 Å². The first-order valence-corrected chi connectivity index (χ1v) is 8.91. The summed E-state index contributed by atoms with van der Waals surface area (Å²) in [6.45, 7) is 10.5. The van der Waals surface area contributed by atoms with Gasteiger partial charge in [0.2, 0.25) is 5.91 Å². The SMILES string of the molecule is C=CCN1C[C@@H]2CN(Cc3ccc(C)s3)C[C@@H]2C1=O.O=C(O)C(F)(F)F. The summed E-state index contributed by atoms with van der Waals surface area (Å²) in [5, 5.41) is 7.12. The highest BCUT2D eigenvalue weighted by Gasteiger charge is 2.45. The molecule has 26 heavy (non-hydrogen) atoms. The number of fused-ring (bicyclic) bond motifs is 1. The molecule has 0 bridgehead atoms. The number of hydrogen-bond acceptors (Lipinski definition) is 4. The molecular formula is C17H21F3N2O3S. The predicted molar refractivity (Wildman–Crippen MR) is 91.8 cm³/mol. The molecule has 144 valence electrons. The number of rotatable bonds is 4. The lowest BCUT2D eigenvalue weighted by Gasteiger charge is -2.20. The van der Waals surface area contributed by atoms with Crippen molar-refractivity contribution < 1.29 is 27.9 Å². The van der Waals surface area contributed by atoms with Crippen LogP contribution in [0.3, 0.4) is 0 Å². The Bertz CT molecular complexity index is 674. The van der Waals surface area contributed by atoms with Crippen LogP contribution in [0, 0.1) is 18.8 Å². The predicted octanol–water partition coefficient (Wildman–Crippen LogP) is 2.77. The summed E-state index contributed by atoms with van der Waals surface area (Å²) >= 11 is 1.86. The van der Waals surface area contributed by atoms with Crippen molar-refractivity contribution in [2.75, 3.05) is 26.2 Å². The van der Waals surface area contributed by atoms with Crippen LogP contribution in [0.2, 0.25) is 0 Å². The molecule has 2 saturated heterocycles. The van der Waals surface area contributed by atoms with Crippen molar-refractivity contribution in [2.45, 2.75) is 19.6 Å². The maximum atomic E-state index is 12.2. The molecule has 2 atom stereocenters. The number of likely N-dealkylation sites (tertiary alicyclic amines) is 2. The van der Waals surface area contributed by atoms with Gasteiger partial charge in [-0.05, 0) is 19.1 Å². The Morgan fingerprint density at radius 2 is 2.04 bits per heavy atom. The van der Waals surface area contributed by atoms with Gasteiger partial charge in [-0.15, -0.1) is 17.9 Å². The smallest absolute Gasteiger partial charge is 0.475 e. The maximum absolute atomic E-state index is 12.2. The fraction of sp³-hybridized carbons (Fsp3) is 0.529. The lowest BCUT2D eigenvalue weighted by Crippen LogP contribution is -2.32. The minimum atomic E-state index is -5.08. The molecule has 0 aromatic carbocycles. The zero-order chi connectivity index (χ0) is 19.5. The molecule has 0 saturated carbocycles. The first-order valence-electron chi connectivity index (χ1n) is 8.09. The summed E-state index contributed by atoms with van der Waals surface area (Å²) in [5.41, 5.74) is 0. The van der Waals surface area contributed by atoms with Crippen LogP contribution in [0.15, 0.2) is 24.8 Å². The van der Waals surface area contributed by atoms with Crippen molar-refractivity contribution >= 4 is 23.2 Å². The molecule has 1 aromatic rings. The minimum absolute atomic E-state index is 0.223. The highest BCUT2D eigenvalue weighted by Crippen LogP contribution is 2.33. The van der Waals surface area contributed by atoms with Crippen LogP contribution in [0.25, 0.3) is 0 Å². The van der Waals surface area contributed by atoms with Crippen LogP contribution in [0.1, 0.15) is 9.75 Å². The average Bonchev–Trinajstić information content (AvgIpc) is 3.18. The van der Waals surface area contributed by atoms with Gasteiger partial charge < -0.3 is 10.0 Å². The molecule has 1 N–H and O–H groups in total. The molecule has 0 unspecified atom stereocenters. The molecule has 5 nitrogen and oxygen atoms in total. The van der Waals surface area contributed by atoms with Crippen molar-refractivity contribution in [3.05, 3.63) is 34.5 Å². The van der Waals surface area contributed by atoms with Crippen LogP contribution < -0.4 is 0 Å². The molecule has 3 rings (SSSR count). The number of hydrogen-bond donors (Lipinski definition) is 1. The number of alkyl halides is 3. The van der Waals surface area contributed by atoms with Gasteiger partial charge in [0, 0.05) is 48.4 Å². The summed E-state index contributed by atoms with van der Waals surface area (Å²) in [4.78, 5) is 28.3. The Labute approximate surface area is 153 Å². The first kappa shape index (κ1) is 20.4. The second-order valence-corrected chi connectivity index (χ2v) is 7.78. The Morgan fingerprint density at radius 3 is 2.50 bits per heavy atom. The molecule has 0 spiro atoms. The van der Waals surface area contributed by atoms with Crippen molar-refractivity contribution in [1.82, 2.24) is 9.80 Å². The third-order valence-corrected chi connectivity index (χ3v) is 5.35. The van der Waals surface area contributed by atoms with Crippen molar-refractivity contribution in [3.63, 3.8) is 0 Å². The van der Waals surface area contributed by atoms with Crippen LogP contribution in [-0.2, 0) is 16.1 Å². The molecule has 1 aromatic heterocycles. The third-order valence-electron chi connectivity index (χ3n) is 4.37. The summed E-state index contributed by atoms with van der Waals surface area (Å²) in [6.07, 6.45) is -3.26. The molecule has 2 aliphatic heterocycles. The second kappa shape index (κ2) is 8.22. The Balaban J connectivity index is 0.000000298. The van der Waals surface area contributed by atoms with Crippen LogP contribution >= 0.6 is 11.3 Å². The number of aryl methyl sites for hydroxylation is 1. The number of carboxylic acid groups (broad SMARTS) is 1. The Morgan fingerprint density at radius 1 is 1.38 bits per heavy atom. The molecule has 9 heteroatoms. The third kappa shape index (κ3) is 5.07. The van der Waals surface area contributed by atoms with E-state index in [0.29, 0.717) is 18.4 Å². The largest absolute Gasteiger partial charge is 0.490 e. The highest BCUT2D eigenvalue weighted by molar-refractivity contribution is 7.11. The van der Waals surface area contributed by atoms with Gasteiger partial charge in [0.25, 0.3) is 0 Å². The number of amides is 1. The number of carboxylic acids is 1. The van der Waals surface area contributed by atoms with E-state index in [9.17, 15) is 18.0 Å².